The first kappa shape index (κ1) is 23.3. The van der Waals surface area contributed by atoms with Crippen LogP contribution in [0.1, 0.15) is 47.8 Å². The molecule has 0 unspecified atom stereocenters. The zero-order valence-electron chi connectivity index (χ0n) is 19.1. The van der Waals surface area contributed by atoms with E-state index in [2.05, 4.69) is 5.32 Å². The van der Waals surface area contributed by atoms with Gasteiger partial charge >= 0.3 is 11.9 Å². The fourth-order valence-corrected chi connectivity index (χ4v) is 6.49. The van der Waals surface area contributed by atoms with E-state index in [-0.39, 0.29) is 24.3 Å². The molecule has 33 heavy (non-hydrogen) atoms. The second-order valence-electron chi connectivity index (χ2n) is 8.81. The summed E-state index contributed by atoms with van der Waals surface area (Å²) in [6.07, 6.45) is 3.19. The topological polar surface area (TPSA) is 102 Å². The first-order valence-corrected chi connectivity index (χ1v) is 12.2. The minimum absolute atomic E-state index is 0.0529. The van der Waals surface area contributed by atoms with Crippen molar-refractivity contribution in [3.63, 3.8) is 0 Å². The number of aryl methyl sites for hydroxylation is 1. The Bertz CT molecular complexity index is 1060. The van der Waals surface area contributed by atoms with E-state index in [0.717, 1.165) is 29.7 Å². The van der Waals surface area contributed by atoms with Crippen LogP contribution < -0.4 is 10.1 Å². The number of carbonyl (C=O) groups excluding carboxylic acids is 2. The number of thiophene rings is 1. The van der Waals surface area contributed by atoms with E-state index in [9.17, 15) is 19.5 Å². The fourth-order valence-electron chi connectivity index (χ4n) is 5.42. The van der Waals surface area contributed by atoms with Crippen molar-refractivity contribution in [2.24, 2.45) is 23.7 Å². The predicted molar refractivity (Wildman–Crippen MR) is 126 cm³/mol. The van der Waals surface area contributed by atoms with Crippen molar-refractivity contribution >= 4 is 34.2 Å². The number of methoxy groups -OCH3 is 1. The van der Waals surface area contributed by atoms with Crippen LogP contribution in [0.15, 0.2) is 24.3 Å². The van der Waals surface area contributed by atoms with Gasteiger partial charge < -0.3 is 19.9 Å². The molecule has 2 saturated carbocycles. The van der Waals surface area contributed by atoms with Gasteiger partial charge in [-0.3, -0.25) is 9.59 Å². The second kappa shape index (κ2) is 9.55. The molecule has 176 valence electrons. The molecule has 1 heterocycles. The van der Waals surface area contributed by atoms with Crippen molar-refractivity contribution < 1.29 is 29.0 Å². The molecule has 0 spiro atoms. The maximum absolute atomic E-state index is 13.3. The van der Waals surface area contributed by atoms with Gasteiger partial charge in [0.1, 0.15) is 16.3 Å². The Hall–Kier alpha value is -2.87. The zero-order chi connectivity index (χ0) is 23.7. The van der Waals surface area contributed by atoms with Crippen LogP contribution in [0.4, 0.5) is 5.00 Å². The number of hydrogen-bond donors (Lipinski definition) is 2. The molecule has 1 aromatic heterocycles. The summed E-state index contributed by atoms with van der Waals surface area (Å²) in [5.74, 6) is -2.14. The van der Waals surface area contributed by atoms with Gasteiger partial charge in [0.15, 0.2) is 0 Å². The molecule has 1 amide bonds. The minimum Gasteiger partial charge on any atom is -0.497 e. The summed E-state index contributed by atoms with van der Waals surface area (Å²) in [4.78, 5) is 39.1. The number of esters is 1. The number of benzene rings is 1. The van der Waals surface area contributed by atoms with Crippen molar-refractivity contribution in [3.05, 3.63) is 34.7 Å². The minimum atomic E-state index is -0.911. The third-order valence-electron chi connectivity index (χ3n) is 6.85. The lowest BCUT2D eigenvalue weighted by Gasteiger charge is -2.27. The summed E-state index contributed by atoms with van der Waals surface area (Å²) >= 11 is 1.31. The van der Waals surface area contributed by atoms with Crippen LogP contribution in [0, 0.1) is 30.6 Å². The monoisotopic (exact) mass is 471 g/mol. The van der Waals surface area contributed by atoms with Crippen LogP contribution in [-0.4, -0.2) is 36.7 Å². The van der Waals surface area contributed by atoms with E-state index in [1.54, 1.807) is 7.11 Å². The zero-order valence-corrected chi connectivity index (χ0v) is 19.9. The number of fused-ring (bicyclic) bond motifs is 2. The van der Waals surface area contributed by atoms with Crippen LogP contribution >= 0.6 is 11.3 Å². The summed E-state index contributed by atoms with van der Waals surface area (Å²) in [5.41, 5.74) is 1.85. The van der Waals surface area contributed by atoms with Crippen molar-refractivity contribution in [2.75, 3.05) is 19.0 Å². The van der Waals surface area contributed by atoms with Crippen LogP contribution in [0.3, 0.4) is 0 Å². The van der Waals surface area contributed by atoms with Crippen LogP contribution in [-0.2, 0) is 14.3 Å². The molecule has 0 radical (unpaired) electrons. The lowest BCUT2D eigenvalue weighted by atomic mass is 9.78. The van der Waals surface area contributed by atoms with Crippen LogP contribution in [0.2, 0.25) is 0 Å². The SMILES string of the molecule is CCCOC(=O)c1c(NC(=O)[C@H]2[C@H]3CC[C@@H](C3)[C@@H]2C(=O)O)sc(C)c1-c1ccc(OC)cc1. The number of aliphatic carboxylic acids is 1. The van der Waals surface area contributed by atoms with Crippen LogP contribution in [0.5, 0.6) is 5.75 Å². The van der Waals surface area contributed by atoms with E-state index in [1.165, 1.54) is 11.3 Å². The Kier molecular flexibility index (Phi) is 6.74. The van der Waals surface area contributed by atoms with E-state index >= 15 is 0 Å². The molecule has 2 fully saturated rings. The highest BCUT2D eigenvalue weighted by atomic mass is 32.1. The van der Waals surface area contributed by atoms with Crippen molar-refractivity contribution in [1.29, 1.82) is 0 Å². The highest BCUT2D eigenvalue weighted by Crippen LogP contribution is 2.53. The maximum atomic E-state index is 13.3. The van der Waals surface area contributed by atoms with Crippen molar-refractivity contribution in [2.45, 2.75) is 39.5 Å². The maximum Gasteiger partial charge on any atom is 0.341 e. The predicted octanol–water partition coefficient (Wildman–Crippen LogP) is 4.98. The second-order valence-corrected chi connectivity index (χ2v) is 10.0. The molecule has 2 aromatic rings. The van der Waals surface area contributed by atoms with E-state index in [0.29, 0.717) is 28.3 Å². The van der Waals surface area contributed by atoms with Gasteiger partial charge in [-0.15, -0.1) is 11.3 Å². The summed E-state index contributed by atoms with van der Waals surface area (Å²) in [7, 11) is 1.59. The molecule has 0 aliphatic heterocycles. The number of carboxylic acids is 1. The van der Waals surface area contributed by atoms with E-state index < -0.39 is 23.8 Å². The molecule has 2 aliphatic carbocycles. The molecule has 0 saturated heterocycles. The molecule has 8 heteroatoms. The lowest BCUT2D eigenvalue weighted by Crippen LogP contribution is -2.38. The molecule has 4 rings (SSSR count). The lowest BCUT2D eigenvalue weighted by molar-refractivity contribution is -0.148. The quantitative estimate of drug-likeness (QED) is 0.526. The molecular weight excluding hydrogens is 442 g/mol. The summed E-state index contributed by atoms with van der Waals surface area (Å²) in [5, 5.41) is 13.1. The summed E-state index contributed by atoms with van der Waals surface area (Å²) < 4.78 is 10.7. The number of amides is 1. The largest absolute Gasteiger partial charge is 0.497 e. The van der Waals surface area contributed by atoms with Gasteiger partial charge in [-0.2, -0.15) is 0 Å². The number of carboxylic acid groups (broad SMARTS) is 1. The molecule has 1 aromatic carbocycles. The fraction of sp³-hybridized carbons (Fsp3) is 0.480. The Labute approximate surface area is 197 Å². The number of anilines is 1. The normalized spacial score (nSPS) is 23.4. The molecule has 2 bridgehead atoms. The highest BCUT2D eigenvalue weighted by Gasteiger charge is 2.54. The summed E-state index contributed by atoms with van der Waals surface area (Å²) in [6, 6.07) is 7.37. The molecule has 4 atom stereocenters. The van der Waals surface area contributed by atoms with E-state index in [4.69, 9.17) is 9.47 Å². The van der Waals surface area contributed by atoms with Gasteiger partial charge in [0, 0.05) is 10.4 Å². The first-order chi connectivity index (χ1) is 15.8. The molecule has 2 aliphatic rings. The number of hydrogen-bond acceptors (Lipinski definition) is 6. The Balaban J connectivity index is 1.69. The Morgan fingerprint density at radius 2 is 1.79 bits per heavy atom. The average Bonchev–Trinajstić information content (AvgIpc) is 3.50. The highest BCUT2D eigenvalue weighted by molar-refractivity contribution is 7.17. The first-order valence-electron chi connectivity index (χ1n) is 11.3. The third-order valence-corrected chi connectivity index (χ3v) is 7.87. The van der Waals surface area contributed by atoms with Gasteiger partial charge in [0.2, 0.25) is 5.91 Å². The van der Waals surface area contributed by atoms with Crippen molar-refractivity contribution in [1.82, 2.24) is 0 Å². The number of rotatable bonds is 8. The molecular formula is C25H29NO6S. The van der Waals surface area contributed by atoms with Gasteiger partial charge in [-0.1, -0.05) is 19.1 Å². The Morgan fingerprint density at radius 3 is 2.39 bits per heavy atom. The smallest absolute Gasteiger partial charge is 0.341 e. The van der Waals surface area contributed by atoms with Gasteiger partial charge in [-0.25, -0.2) is 4.79 Å². The van der Waals surface area contributed by atoms with Crippen LogP contribution in [0.25, 0.3) is 11.1 Å². The standard InChI is InChI=1S/C25H29NO6S/c1-4-11-32-25(30)21-18(14-7-9-17(31-3)10-8-14)13(2)33-23(21)26-22(27)19-15-5-6-16(12-15)20(19)24(28)29/h7-10,15-16,19-20H,4-6,11-12H2,1-3H3,(H,26,27)(H,28,29)/t15-,16-,19-,20-/m0/s1. The van der Waals surface area contributed by atoms with Gasteiger partial charge in [0.05, 0.1) is 25.6 Å². The third kappa shape index (κ3) is 4.36. The van der Waals surface area contributed by atoms with E-state index in [1.807, 2.05) is 38.1 Å². The number of ether oxygens (including phenoxy) is 2. The number of nitrogens with one attached hydrogen (secondary N) is 1. The molecule has 7 nitrogen and oxygen atoms in total. The summed E-state index contributed by atoms with van der Waals surface area (Å²) in [6.45, 7) is 4.09. The Morgan fingerprint density at radius 1 is 1.12 bits per heavy atom. The molecule has 2 N–H and O–H groups in total. The van der Waals surface area contributed by atoms with Gasteiger partial charge in [-0.05, 0) is 62.1 Å². The average molecular weight is 472 g/mol. The van der Waals surface area contributed by atoms with Crippen molar-refractivity contribution in [3.8, 4) is 16.9 Å². The van der Waals surface area contributed by atoms with Gasteiger partial charge in [0.25, 0.3) is 0 Å². The number of carbonyl (C=O) groups is 3.